The molecule has 1 saturated carbocycles. The lowest BCUT2D eigenvalue weighted by Gasteiger charge is -2.52. The van der Waals surface area contributed by atoms with Crippen LogP contribution in [0.15, 0.2) is 17.6 Å². The molecule has 9 heteroatoms. The van der Waals surface area contributed by atoms with Gasteiger partial charge in [0.1, 0.15) is 5.54 Å². The van der Waals surface area contributed by atoms with Crippen molar-refractivity contribution in [1.82, 2.24) is 19.2 Å². The molecule has 0 radical (unpaired) electrons. The fraction of sp³-hybridized carbons (Fsp3) is 0.545. The summed E-state index contributed by atoms with van der Waals surface area (Å²) in [4.78, 5) is 27.3. The highest BCUT2D eigenvalue weighted by Gasteiger charge is 2.62. The van der Waals surface area contributed by atoms with Gasteiger partial charge in [-0.05, 0) is 12.8 Å². The smallest absolute Gasteiger partial charge is 0.262 e. The Labute approximate surface area is 115 Å². The van der Waals surface area contributed by atoms with E-state index in [1.807, 2.05) is 0 Å². The van der Waals surface area contributed by atoms with E-state index >= 15 is 0 Å². The van der Waals surface area contributed by atoms with Gasteiger partial charge in [-0.2, -0.15) is 4.31 Å². The van der Waals surface area contributed by atoms with Crippen LogP contribution in [-0.2, 0) is 26.7 Å². The summed E-state index contributed by atoms with van der Waals surface area (Å²) in [6.45, 7) is 0. The Kier molecular flexibility index (Phi) is 2.58. The molecular weight excluding hydrogens is 284 g/mol. The first-order valence-corrected chi connectivity index (χ1v) is 7.54. The van der Waals surface area contributed by atoms with Crippen molar-refractivity contribution in [3.8, 4) is 0 Å². The summed E-state index contributed by atoms with van der Waals surface area (Å²) in [6, 6.07) is 0. The van der Waals surface area contributed by atoms with Crippen molar-refractivity contribution in [3.05, 3.63) is 12.5 Å². The normalized spacial score (nSPS) is 29.2. The van der Waals surface area contributed by atoms with E-state index in [1.54, 1.807) is 7.05 Å². The number of nitrogens with zero attached hydrogens (tertiary/aromatic N) is 3. The number of carbonyl (C=O) groups excluding carboxylic acids is 2. The number of sulfonamides is 1. The van der Waals surface area contributed by atoms with E-state index < -0.39 is 21.5 Å². The number of imidazole rings is 1. The molecule has 2 bridgehead atoms. The van der Waals surface area contributed by atoms with Crippen LogP contribution < -0.4 is 5.32 Å². The molecule has 1 N–H and O–H groups in total. The fourth-order valence-corrected chi connectivity index (χ4v) is 4.20. The van der Waals surface area contributed by atoms with Crippen LogP contribution in [0, 0.1) is 5.92 Å². The van der Waals surface area contributed by atoms with E-state index in [0.29, 0.717) is 0 Å². The van der Waals surface area contributed by atoms with Gasteiger partial charge >= 0.3 is 0 Å². The van der Waals surface area contributed by atoms with E-state index in [2.05, 4.69) is 10.3 Å². The third-order valence-electron chi connectivity index (χ3n) is 4.11. The fourth-order valence-electron chi connectivity index (χ4n) is 2.75. The third-order valence-corrected chi connectivity index (χ3v) is 5.92. The number of rotatable bonds is 3. The minimum absolute atomic E-state index is 0.106. The molecule has 2 saturated heterocycles. The standard InChI is InChI=1S/C11H14N4O4S/c1-14-5-8(12-6-14)20(18,19)15(2)11-3-7(4-11)9(16)13-10(11)17/h5-7H,3-4H2,1-2H3,(H,13,16,17). The molecule has 8 nitrogen and oxygen atoms in total. The zero-order valence-electron chi connectivity index (χ0n) is 11.0. The molecule has 1 aromatic rings. The Morgan fingerprint density at radius 3 is 2.60 bits per heavy atom. The van der Waals surface area contributed by atoms with E-state index in [-0.39, 0.29) is 29.7 Å². The van der Waals surface area contributed by atoms with Gasteiger partial charge in [0.25, 0.3) is 10.0 Å². The van der Waals surface area contributed by atoms with Crippen LogP contribution in [-0.4, -0.2) is 46.7 Å². The highest BCUT2D eigenvalue weighted by atomic mass is 32.2. The predicted octanol–water partition coefficient (Wildman–Crippen LogP) is -1.15. The number of nitrogens with one attached hydrogen (secondary N) is 1. The zero-order chi connectivity index (χ0) is 14.7. The van der Waals surface area contributed by atoms with Crippen LogP contribution in [0.4, 0.5) is 0 Å². The van der Waals surface area contributed by atoms with Crippen LogP contribution in [0.1, 0.15) is 12.8 Å². The van der Waals surface area contributed by atoms with Gasteiger partial charge in [-0.25, -0.2) is 13.4 Å². The van der Waals surface area contributed by atoms with Crippen LogP contribution in [0.3, 0.4) is 0 Å². The first-order valence-electron chi connectivity index (χ1n) is 6.10. The molecule has 3 fully saturated rings. The molecular formula is C11H14N4O4S. The molecule has 1 aliphatic carbocycles. The molecule has 4 rings (SSSR count). The number of likely N-dealkylation sites (N-methyl/N-ethyl adjacent to an activating group) is 1. The van der Waals surface area contributed by atoms with Crippen molar-refractivity contribution >= 4 is 21.8 Å². The second-order valence-electron chi connectivity index (χ2n) is 5.31. The quantitative estimate of drug-likeness (QED) is 0.710. The molecule has 0 spiro atoms. The average Bonchev–Trinajstić information content (AvgIpc) is 2.74. The maximum atomic E-state index is 12.5. The van der Waals surface area contributed by atoms with Crippen LogP contribution in [0.25, 0.3) is 0 Å². The average molecular weight is 298 g/mol. The summed E-state index contributed by atoms with van der Waals surface area (Å²) in [5.41, 5.74) is -1.16. The number of hydrogen-bond donors (Lipinski definition) is 1. The molecule has 1 aromatic heterocycles. The number of imide groups is 1. The number of aromatic nitrogens is 2. The van der Waals surface area contributed by atoms with Crippen LogP contribution >= 0.6 is 0 Å². The van der Waals surface area contributed by atoms with E-state index in [1.165, 1.54) is 24.1 Å². The van der Waals surface area contributed by atoms with Gasteiger partial charge in [0, 0.05) is 26.2 Å². The lowest BCUT2D eigenvalue weighted by molar-refractivity contribution is -0.157. The third kappa shape index (κ3) is 1.56. The van der Waals surface area contributed by atoms with Gasteiger partial charge in [0.15, 0.2) is 5.03 Å². The number of fused-ring (bicyclic) bond motifs is 2. The lowest BCUT2D eigenvalue weighted by atomic mass is 9.64. The summed E-state index contributed by atoms with van der Waals surface area (Å²) in [6.07, 6.45) is 3.23. The summed E-state index contributed by atoms with van der Waals surface area (Å²) >= 11 is 0. The van der Waals surface area contributed by atoms with E-state index in [0.717, 1.165) is 4.31 Å². The van der Waals surface area contributed by atoms with Gasteiger partial charge in [-0.15, -0.1) is 0 Å². The molecule has 2 aliphatic heterocycles. The predicted molar refractivity (Wildman–Crippen MR) is 66.8 cm³/mol. The number of hydrogen-bond acceptors (Lipinski definition) is 5. The summed E-state index contributed by atoms with van der Waals surface area (Å²) < 4.78 is 27.5. The Bertz CT molecular complexity index is 702. The Balaban J connectivity index is 1.96. The van der Waals surface area contributed by atoms with E-state index in [9.17, 15) is 18.0 Å². The van der Waals surface area contributed by atoms with Gasteiger partial charge in [-0.1, -0.05) is 0 Å². The number of piperidine rings is 2. The minimum atomic E-state index is -3.86. The van der Waals surface area contributed by atoms with Crippen molar-refractivity contribution in [1.29, 1.82) is 0 Å². The van der Waals surface area contributed by atoms with Gasteiger partial charge in [0.2, 0.25) is 11.8 Å². The monoisotopic (exact) mass is 298 g/mol. The van der Waals surface area contributed by atoms with Crippen molar-refractivity contribution in [3.63, 3.8) is 0 Å². The maximum Gasteiger partial charge on any atom is 0.262 e. The molecule has 3 aliphatic rings. The molecule has 2 amide bonds. The molecule has 0 unspecified atom stereocenters. The second kappa shape index (κ2) is 3.89. The number of carbonyl (C=O) groups is 2. The second-order valence-corrected chi connectivity index (χ2v) is 7.22. The lowest BCUT2D eigenvalue weighted by Crippen LogP contribution is -2.73. The molecule has 20 heavy (non-hydrogen) atoms. The Hall–Kier alpha value is -1.74. The molecule has 108 valence electrons. The minimum Gasteiger partial charge on any atom is -0.339 e. The first-order chi connectivity index (χ1) is 9.27. The maximum absolute atomic E-state index is 12.5. The van der Waals surface area contributed by atoms with Crippen molar-refractivity contribution in [2.45, 2.75) is 23.4 Å². The summed E-state index contributed by atoms with van der Waals surface area (Å²) in [5.74, 6) is -1.15. The van der Waals surface area contributed by atoms with Crippen molar-refractivity contribution in [2.24, 2.45) is 13.0 Å². The van der Waals surface area contributed by atoms with Gasteiger partial charge in [0.05, 0.1) is 6.33 Å². The van der Waals surface area contributed by atoms with E-state index in [4.69, 9.17) is 0 Å². The van der Waals surface area contributed by atoms with Crippen LogP contribution in [0.2, 0.25) is 0 Å². The topological polar surface area (TPSA) is 101 Å². The van der Waals surface area contributed by atoms with Gasteiger partial charge in [-0.3, -0.25) is 14.9 Å². The Morgan fingerprint density at radius 2 is 2.10 bits per heavy atom. The summed E-state index contributed by atoms with van der Waals surface area (Å²) in [5, 5.41) is 2.11. The van der Waals surface area contributed by atoms with Gasteiger partial charge < -0.3 is 4.57 Å². The highest BCUT2D eigenvalue weighted by molar-refractivity contribution is 7.89. The largest absolute Gasteiger partial charge is 0.339 e. The van der Waals surface area contributed by atoms with Crippen molar-refractivity contribution < 1.29 is 18.0 Å². The summed E-state index contributed by atoms with van der Waals surface area (Å²) in [7, 11) is -0.840. The SMILES string of the molecule is CN(C12CC(C1)C(=O)NC2=O)S(=O)(=O)c1cn(C)cn1. The first kappa shape index (κ1) is 13.3. The molecule has 0 aromatic carbocycles. The van der Waals surface area contributed by atoms with Crippen LogP contribution in [0.5, 0.6) is 0 Å². The Morgan fingerprint density at radius 1 is 1.45 bits per heavy atom. The number of aryl methyl sites for hydroxylation is 1. The molecule has 0 atom stereocenters. The van der Waals surface area contributed by atoms with Crippen molar-refractivity contribution in [2.75, 3.05) is 7.05 Å². The zero-order valence-corrected chi connectivity index (χ0v) is 11.8. The number of amides is 2. The molecule has 3 heterocycles. The highest BCUT2D eigenvalue weighted by Crippen LogP contribution is 2.47.